The molecule has 10 heteroatoms. The van der Waals surface area contributed by atoms with Gasteiger partial charge in [0, 0.05) is 9.13 Å². The summed E-state index contributed by atoms with van der Waals surface area (Å²) in [5, 5.41) is 17.6. The quantitative estimate of drug-likeness (QED) is 0.325. The second-order valence-electron chi connectivity index (χ2n) is 4.10. The average Bonchev–Trinajstić information content (AvgIpc) is 2.78. The first-order valence-electron chi connectivity index (χ1n) is 5.82. The molecule has 116 valence electrons. The molecule has 1 aliphatic rings. The lowest BCUT2D eigenvalue weighted by atomic mass is 10.2. The summed E-state index contributed by atoms with van der Waals surface area (Å²) in [6.07, 6.45) is 0.695. The first-order valence-corrected chi connectivity index (χ1v) is 7.78. The predicted molar refractivity (Wildman–Crippen MR) is 85.9 cm³/mol. The van der Waals surface area contributed by atoms with Crippen molar-refractivity contribution in [2.75, 3.05) is 0 Å². The molecule has 6 nitrogen and oxygen atoms in total. The Morgan fingerprint density at radius 1 is 1.50 bits per heavy atom. The van der Waals surface area contributed by atoms with E-state index >= 15 is 0 Å². The van der Waals surface area contributed by atoms with Crippen LogP contribution in [0.5, 0.6) is 0 Å². The van der Waals surface area contributed by atoms with Crippen LogP contribution in [-0.4, -0.2) is 33.6 Å². The van der Waals surface area contributed by atoms with Gasteiger partial charge in [-0.05, 0) is 34.7 Å². The maximum atomic E-state index is 13.6. The van der Waals surface area contributed by atoms with Gasteiger partial charge >= 0.3 is 5.97 Å². The van der Waals surface area contributed by atoms with Gasteiger partial charge in [-0.2, -0.15) is 5.10 Å². The van der Waals surface area contributed by atoms with Crippen LogP contribution in [0.25, 0.3) is 0 Å². The van der Waals surface area contributed by atoms with Gasteiger partial charge < -0.3 is 10.4 Å². The third-order valence-corrected chi connectivity index (χ3v) is 4.56. The number of nitrogens with one attached hydrogen (secondary N) is 1. The molecule has 1 heterocycles. The van der Waals surface area contributed by atoms with Crippen LogP contribution < -0.4 is 5.32 Å². The predicted octanol–water partition coefficient (Wildman–Crippen LogP) is 1.97. The second-order valence-corrected chi connectivity index (χ2v) is 6.45. The molecule has 0 spiro atoms. The standard InChI is InChI=1S/C12H8F2IN3O3S/c13-6-1-2-7(15)5(10(6)14)4-16-18-12-17-11(21)8(22-12)3-9(19)20/h1-2,4,8H,3H2,(H,19,20)(H,17,18,21). The van der Waals surface area contributed by atoms with Crippen LogP contribution in [-0.2, 0) is 9.59 Å². The van der Waals surface area contributed by atoms with Crippen LogP contribution in [0.4, 0.5) is 8.78 Å². The van der Waals surface area contributed by atoms with Crippen molar-refractivity contribution in [1.82, 2.24) is 5.32 Å². The molecule has 0 aromatic heterocycles. The highest BCUT2D eigenvalue weighted by Gasteiger charge is 2.32. The van der Waals surface area contributed by atoms with Crippen molar-refractivity contribution in [3.05, 3.63) is 32.9 Å². The highest BCUT2D eigenvalue weighted by molar-refractivity contribution is 14.1. The fourth-order valence-corrected chi connectivity index (χ4v) is 3.02. The highest BCUT2D eigenvalue weighted by Crippen LogP contribution is 2.22. The molecule has 0 aliphatic carbocycles. The van der Waals surface area contributed by atoms with Gasteiger partial charge in [-0.25, -0.2) is 8.78 Å². The Balaban J connectivity index is 2.11. The first kappa shape index (κ1) is 16.8. The number of thioether (sulfide) groups is 1. The molecule has 0 radical (unpaired) electrons. The van der Waals surface area contributed by atoms with Crippen molar-refractivity contribution in [2.45, 2.75) is 11.7 Å². The fourth-order valence-electron chi connectivity index (χ4n) is 1.55. The second kappa shape index (κ2) is 7.13. The Labute approximate surface area is 141 Å². The number of carbonyl (C=O) groups excluding carboxylic acids is 1. The number of amides is 1. The molecule has 1 amide bonds. The Morgan fingerprint density at radius 3 is 2.91 bits per heavy atom. The van der Waals surface area contributed by atoms with Crippen molar-refractivity contribution in [3.8, 4) is 0 Å². The lowest BCUT2D eigenvalue weighted by Crippen LogP contribution is -2.26. The summed E-state index contributed by atoms with van der Waals surface area (Å²) in [6.45, 7) is 0. The summed E-state index contributed by atoms with van der Waals surface area (Å²) in [4.78, 5) is 22.0. The van der Waals surface area contributed by atoms with E-state index in [-0.39, 0.29) is 17.2 Å². The van der Waals surface area contributed by atoms with E-state index < -0.39 is 28.8 Å². The molecule has 1 atom stereocenters. The maximum absolute atomic E-state index is 13.6. The Morgan fingerprint density at radius 2 is 2.23 bits per heavy atom. The zero-order valence-corrected chi connectivity index (χ0v) is 13.7. The molecule has 22 heavy (non-hydrogen) atoms. The van der Waals surface area contributed by atoms with Crippen molar-refractivity contribution >= 4 is 57.6 Å². The van der Waals surface area contributed by atoms with Crippen molar-refractivity contribution < 1.29 is 23.5 Å². The summed E-state index contributed by atoms with van der Waals surface area (Å²) < 4.78 is 27.1. The third-order valence-electron chi connectivity index (χ3n) is 2.55. The molecule has 2 rings (SSSR count). The van der Waals surface area contributed by atoms with Gasteiger partial charge in [-0.1, -0.05) is 11.8 Å². The summed E-state index contributed by atoms with van der Waals surface area (Å²) in [7, 11) is 0. The number of hydrogen-bond donors (Lipinski definition) is 2. The van der Waals surface area contributed by atoms with Gasteiger partial charge in [0.05, 0.1) is 12.6 Å². The van der Waals surface area contributed by atoms with Crippen LogP contribution in [0, 0.1) is 15.2 Å². The van der Waals surface area contributed by atoms with Crippen molar-refractivity contribution in [3.63, 3.8) is 0 Å². The maximum Gasteiger partial charge on any atom is 0.305 e. The normalized spacial score (nSPS) is 19.9. The molecular formula is C12H8F2IN3O3S. The van der Waals surface area contributed by atoms with Crippen molar-refractivity contribution in [1.29, 1.82) is 0 Å². The molecule has 0 bridgehead atoms. The van der Waals surface area contributed by atoms with E-state index in [2.05, 4.69) is 15.5 Å². The van der Waals surface area contributed by atoms with Crippen LogP contribution in [0.2, 0.25) is 0 Å². The molecule has 0 saturated carbocycles. The van der Waals surface area contributed by atoms with E-state index in [0.717, 1.165) is 24.0 Å². The zero-order valence-electron chi connectivity index (χ0n) is 10.7. The number of aliphatic carboxylic acids is 1. The minimum Gasteiger partial charge on any atom is -0.481 e. The number of carboxylic acid groups (broad SMARTS) is 1. The van der Waals surface area contributed by atoms with Gasteiger partial charge in [0.1, 0.15) is 5.25 Å². The number of amidine groups is 1. The van der Waals surface area contributed by atoms with Gasteiger partial charge in [0.15, 0.2) is 16.8 Å². The summed E-state index contributed by atoms with van der Waals surface area (Å²) in [5.41, 5.74) is -0.0543. The fraction of sp³-hybridized carbons (Fsp3) is 0.167. The minimum atomic E-state index is -1.10. The van der Waals surface area contributed by atoms with Gasteiger partial charge in [-0.3, -0.25) is 9.59 Å². The third kappa shape index (κ3) is 4.00. The van der Waals surface area contributed by atoms with E-state index in [1.165, 1.54) is 6.07 Å². The molecule has 1 aromatic rings. The van der Waals surface area contributed by atoms with Crippen LogP contribution in [0.15, 0.2) is 22.3 Å². The summed E-state index contributed by atoms with van der Waals surface area (Å²) in [5.74, 6) is -3.62. The van der Waals surface area contributed by atoms with Gasteiger partial charge in [-0.15, -0.1) is 5.10 Å². The molecule has 1 aromatic carbocycles. The highest BCUT2D eigenvalue weighted by atomic mass is 127. The number of rotatable bonds is 4. The molecule has 1 aliphatic heterocycles. The zero-order chi connectivity index (χ0) is 16.3. The smallest absolute Gasteiger partial charge is 0.305 e. The molecule has 2 N–H and O–H groups in total. The lowest BCUT2D eigenvalue weighted by Gasteiger charge is -2.00. The van der Waals surface area contributed by atoms with E-state index in [1.54, 1.807) is 0 Å². The number of carbonyl (C=O) groups is 2. The van der Waals surface area contributed by atoms with E-state index in [0.29, 0.717) is 3.57 Å². The van der Waals surface area contributed by atoms with Gasteiger partial charge in [0.2, 0.25) is 5.91 Å². The number of nitrogens with zero attached hydrogens (tertiary/aromatic N) is 2. The molecular weight excluding hydrogens is 431 g/mol. The topological polar surface area (TPSA) is 91.1 Å². The van der Waals surface area contributed by atoms with Crippen LogP contribution >= 0.6 is 34.4 Å². The van der Waals surface area contributed by atoms with E-state index in [4.69, 9.17) is 5.11 Å². The number of halogens is 3. The monoisotopic (exact) mass is 439 g/mol. The lowest BCUT2D eigenvalue weighted by molar-refractivity contribution is -0.138. The Hall–Kier alpha value is -1.56. The summed E-state index contributed by atoms with van der Waals surface area (Å²) in [6, 6.07) is 2.40. The summed E-state index contributed by atoms with van der Waals surface area (Å²) >= 11 is 2.74. The largest absolute Gasteiger partial charge is 0.481 e. The molecule has 1 fully saturated rings. The van der Waals surface area contributed by atoms with E-state index in [9.17, 15) is 18.4 Å². The van der Waals surface area contributed by atoms with E-state index in [1.807, 2.05) is 22.6 Å². The Kier molecular flexibility index (Phi) is 5.45. The minimum absolute atomic E-state index is 0.0543. The Bertz CT molecular complexity index is 696. The molecule has 1 unspecified atom stereocenters. The average molecular weight is 439 g/mol. The van der Waals surface area contributed by atoms with Crippen LogP contribution in [0.1, 0.15) is 12.0 Å². The number of carboxylic acids is 1. The van der Waals surface area contributed by atoms with Gasteiger partial charge in [0.25, 0.3) is 0 Å². The van der Waals surface area contributed by atoms with Crippen molar-refractivity contribution in [2.24, 2.45) is 10.2 Å². The van der Waals surface area contributed by atoms with Crippen LogP contribution in [0.3, 0.4) is 0 Å². The SMILES string of the molecule is O=C(O)CC1SC(=NN=Cc2c(I)ccc(F)c2F)NC1=O. The number of benzene rings is 1. The number of hydrogen-bond acceptors (Lipinski definition) is 5. The molecule has 1 saturated heterocycles. The first-order chi connectivity index (χ1) is 10.4.